The largest absolute Gasteiger partial charge is 0.389 e. The Morgan fingerprint density at radius 1 is 1.12 bits per heavy atom. The van der Waals surface area contributed by atoms with Gasteiger partial charge in [-0.05, 0) is 19.1 Å². The molecule has 0 unspecified atom stereocenters. The maximum Gasteiger partial charge on any atom is 0.332 e. The average molecular weight is 494 g/mol. The first-order valence-corrected chi connectivity index (χ1v) is 12.1. The lowest BCUT2D eigenvalue weighted by atomic mass is 10.2. The van der Waals surface area contributed by atoms with Crippen LogP contribution in [0.15, 0.2) is 38.8 Å². The third-order valence-electron chi connectivity index (χ3n) is 5.74. The molecule has 1 N–H and O–H groups in total. The SMILES string of the molecule is Cc1ccc(S(=O)(=O)OC[C@@H](O)Cn2c(N3CCOCC3)nc3c2c(=O)n(C)c(=O)n3C)cc1. The quantitative estimate of drug-likeness (QED) is 0.425. The van der Waals surface area contributed by atoms with Crippen LogP contribution in [0.2, 0.25) is 0 Å². The zero-order valence-electron chi connectivity index (χ0n) is 19.2. The second-order valence-corrected chi connectivity index (χ2v) is 9.82. The van der Waals surface area contributed by atoms with Crippen molar-refractivity contribution in [2.75, 3.05) is 37.8 Å². The highest BCUT2D eigenvalue weighted by Gasteiger charge is 2.26. The number of nitrogens with zero attached hydrogens (tertiary/aromatic N) is 5. The van der Waals surface area contributed by atoms with Gasteiger partial charge in [-0.3, -0.25) is 18.1 Å². The summed E-state index contributed by atoms with van der Waals surface area (Å²) in [5, 5.41) is 10.7. The molecular weight excluding hydrogens is 466 g/mol. The number of morpholine rings is 1. The maximum atomic E-state index is 13.0. The van der Waals surface area contributed by atoms with Gasteiger partial charge < -0.3 is 19.3 Å². The van der Waals surface area contributed by atoms with Gasteiger partial charge in [-0.2, -0.15) is 13.4 Å². The van der Waals surface area contributed by atoms with Crippen LogP contribution in [0.5, 0.6) is 0 Å². The van der Waals surface area contributed by atoms with E-state index in [1.165, 1.54) is 35.4 Å². The second kappa shape index (κ2) is 9.33. The van der Waals surface area contributed by atoms with Gasteiger partial charge in [0.05, 0.1) is 37.4 Å². The number of hydrogen-bond acceptors (Lipinski definition) is 9. The molecule has 0 saturated carbocycles. The highest BCUT2D eigenvalue weighted by Crippen LogP contribution is 2.22. The number of aromatic nitrogens is 4. The van der Waals surface area contributed by atoms with E-state index in [1.807, 2.05) is 11.8 Å². The van der Waals surface area contributed by atoms with E-state index in [0.717, 1.165) is 10.1 Å². The molecule has 1 fully saturated rings. The molecule has 0 bridgehead atoms. The van der Waals surface area contributed by atoms with Crippen molar-refractivity contribution < 1.29 is 22.4 Å². The summed E-state index contributed by atoms with van der Waals surface area (Å²) in [5.41, 5.74) is 0.119. The van der Waals surface area contributed by atoms with Crippen LogP contribution in [0.25, 0.3) is 11.2 Å². The first kappa shape index (κ1) is 24.1. The third kappa shape index (κ3) is 4.51. The minimum Gasteiger partial charge on any atom is -0.389 e. The predicted octanol–water partition coefficient (Wildman–Crippen LogP) is -0.655. The molecule has 12 nitrogen and oxygen atoms in total. The van der Waals surface area contributed by atoms with Crippen LogP contribution in [0.3, 0.4) is 0 Å². The molecule has 4 rings (SSSR count). The number of aryl methyl sites for hydroxylation is 2. The zero-order valence-corrected chi connectivity index (χ0v) is 20.0. The molecule has 1 aliphatic rings. The Labute approximate surface area is 195 Å². The van der Waals surface area contributed by atoms with Crippen molar-refractivity contribution >= 4 is 27.2 Å². The van der Waals surface area contributed by atoms with Crippen LogP contribution in [0.1, 0.15) is 5.56 Å². The van der Waals surface area contributed by atoms with Crippen LogP contribution in [-0.4, -0.2) is 71.2 Å². The number of anilines is 1. The molecule has 0 aliphatic carbocycles. The Bertz CT molecular complexity index is 1420. The fourth-order valence-corrected chi connectivity index (χ4v) is 4.76. The van der Waals surface area contributed by atoms with Gasteiger partial charge in [0.25, 0.3) is 15.7 Å². The zero-order chi connectivity index (χ0) is 24.6. The molecule has 1 atom stereocenters. The first-order chi connectivity index (χ1) is 16.1. The minimum atomic E-state index is -4.07. The Morgan fingerprint density at radius 2 is 1.76 bits per heavy atom. The van der Waals surface area contributed by atoms with Gasteiger partial charge in [0.1, 0.15) is 0 Å². The number of fused-ring (bicyclic) bond motifs is 1. The lowest BCUT2D eigenvalue weighted by Crippen LogP contribution is -2.39. The van der Waals surface area contributed by atoms with Crippen molar-refractivity contribution in [2.24, 2.45) is 14.1 Å². The van der Waals surface area contributed by atoms with Gasteiger partial charge in [0, 0.05) is 27.2 Å². The number of benzene rings is 1. The smallest absolute Gasteiger partial charge is 0.332 e. The van der Waals surface area contributed by atoms with Gasteiger partial charge >= 0.3 is 5.69 Å². The van der Waals surface area contributed by atoms with Crippen molar-refractivity contribution in [1.82, 2.24) is 18.7 Å². The standard InChI is InChI=1S/C21H27N5O7S/c1-14-4-6-16(7-5-14)34(30,31)33-13-15(27)12-26-17-18(23(2)21(29)24(3)19(17)28)22-20(26)25-8-10-32-11-9-25/h4-7,15,27H,8-13H2,1-3H3/t15-/m0/s1. The van der Waals surface area contributed by atoms with Gasteiger partial charge in [0.2, 0.25) is 5.95 Å². The summed E-state index contributed by atoms with van der Waals surface area (Å²) in [6.45, 7) is 3.08. The Hall–Kier alpha value is -3.00. The number of imidazole rings is 1. The van der Waals surface area contributed by atoms with Crippen LogP contribution in [0.4, 0.5) is 5.95 Å². The predicted molar refractivity (Wildman–Crippen MR) is 124 cm³/mol. The summed E-state index contributed by atoms with van der Waals surface area (Å²) in [5.74, 6) is 0.386. The minimum absolute atomic E-state index is 0.0174. The first-order valence-electron chi connectivity index (χ1n) is 10.7. The normalized spacial score (nSPS) is 15.7. The molecule has 0 amide bonds. The molecule has 1 aromatic carbocycles. The Balaban J connectivity index is 1.66. The van der Waals surface area contributed by atoms with Crippen molar-refractivity contribution in [1.29, 1.82) is 0 Å². The topological polar surface area (TPSA) is 138 Å². The summed E-state index contributed by atoms with van der Waals surface area (Å²) >= 11 is 0. The van der Waals surface area contributed by atoms with Gasteiger partial charge in [-0.15, -0.1) is 0 Å². The summed E-state index contributed by atoms with van der Waals surface area (Å²) in [6, 6.07) is 6.17. The highest BCUT2D eigenvalue weighted by molar-refractivity contribution is 7.86. The molecule has 2 aromatic heterocycles. The van der Waals surface area contributed by atoms with Crippen molar-refractivity contribution in [3.8, 4) is 0 Å². The summed E-state index contributed by atoms with van der Waals surface area (Å²) in [7, 11) is -1.20. The molecule has 3 heterocycles. The van der Waals surface area contributed by atoms with Crippen LogP contribution >= 0.6 is 0 Å². The molecule has 1 aliphatic heterocycles. The summed E-state index contributed by atoms with van der Waals surface area (Å²) in [6.07, 6.45) is -1.28. The molecule has 34 heavy (non-hydrogen) atoms. The van der Waals surface area contributed by atoms with Gasteiger partial charge in [-0.25, -0.2) is 4.79 Å². The van der Waals surface area contributed by atoms with E-state index >= 15 is 0 Å². The number of hydrogen-bond donors (Lipinski definition) is 1. The van der Waals surface area contributed by atoms with Crippen LogP contribution < -0.4 is 16.1 Å². The maximum absolute atomic E-state index is 13.0. The number of aliphatic hydroxyl groups is 1. The summed E-state index contributed by atoms with van der Waals surface area (Å²) < 4.78 is 39.2. The van der Waals surface area contributed by atoms with Crippen LogP contribution in [0, 0.1) is 6.92 Å². The van der Waals surface area contributed by atoms with Gasteiger partial charge in [0.15, 0.2) is 11.2 Å². The van der Waals surface area contributed by atoms with Crippen molar-refractivity contribution in [3.05, 3.63) is 50.7 Å². The Morgan fingerprint density at radius 3 is 2.41 bits per heavy atom. The third-order valence-corrected chi connectivity index (χ3v) is 7.04. The van der Waals surface area contributed by atoms with Crippen LogP contribution in [-0.2, 0) is 39.7 Å². The van der Waals surface area contributed by atoms with Crippen molar-refractivity contribution in [3.63, 3.8) is 0 Å². The summed E-state index contributed by atoms with van der Waals surface area (Å²) in [4.78, 5) is 31.8. The monoisotopic (exact) mass is 493 g/mol. The van der Waals surface area contributed by atoms with E-state index in [-0.39, 0.29) is 22.6 Å². The van der Waals surface area contributed by atoms with E-state index in [2.05, 4.69) is 4.98 Å². The number of aliphatic hydroxyl groups excluding tert-OH is 1. The molecular formula is C21H27N5O7S. The number of ether oxygens (including phenoxy) is 1. The van der Waals surface area contributed by atoms with Gasteiger partial charge in [-0.1, -0.05) is 17.7 Å². The molecule has 0 radical (unpaired) electrons. The molecule has 184 valence electrons. The fraction of sp³-hybridized carbons (Fsp3) is 0.476. The average Bonchev–Trinajstić information content (AvgIpc) is 3.20. The molecule has 0 spiro atoms. The second-order valence-electron chi connectivity index (χ2n) is 8.21. The lowest BCUT2D eigenvalue weighted by molar-refractivity contribution is 0.0954. The molecule has 1 saturated heterocycles. The highest BCUT2D eigenvalue weighted by atomic mass is 32.2. The fourth-order valence-electron chi connectivity index (χ4n) is 3.82. The molecule has 13 heteroatoms. The number of rotatable bonds is 7. The molecule has 3 aromatic rings. The van der Waals surface area contributed by atoms with E-state index in [1.54, 1.807) is 12.1 Å². The Kier molecular flexibility index (Phi) is 6.62. The van der Waals surface area contributed by atoms with E-state index in [9.17, 15) is 23.1 Å². The lowest BCUT2D eigenvalue weighted by Gasteiger charge is -2.28. The van der Waals surface area contributed by atoms with E-state index in [0.29, 0.717) is 32.3 Å². The van der Waals surface area contributed by atoms with E-state index in [4.69, 9.17) is 8.92 Å². The van der Waals surface area contributed by atoms with Crippen molar-refractivity contribution in [2.45, 2.75) is 24.5 Å². The van der Waals surface area contributed by atoms with E-state index < -0.39 is 34.1 Å².